The molecule has 3 N–H and O–H groups in total. The van der Waals surface area contributed by atoms with Gasteiger partial charge in [-0.05, 0) is 31.2 Å². The molecule has 20 heavy (non-hydrogen) atoms. The minimum absolute atomic E-state index is 0.105. The van der Waals surface area contributed by atoms with Crippen LogP contribution in [0.25, 0.3) is 0 Å². The van der Waals surface area contributed by atoms with Gasteiger partial charge in [0.1, 0.15) is 0 Å². The molecule has 0 aliphatic carbocycles. The topological polar surface area (TPSA) is 74.7 Å². The molecule has 0 saturated carbocycles. The Hall–Kier alpha value is -2.56. The van der Waals surface area contributed by atoms with E-state index < -0.39 is 0 Å². The van der Waals surface area contributed by atoms with E-state index in [1.54, 1.807) is 6.07 Å². The Morgan fingerprint density at radius 3 is 2.75 bits per heavy atom. The van der Waals surface area contributed by atoms with Gasteiger partial charge in [-0.15, -0.1) is 0 Å². The van der Waals surface area contributed by atoms with Gasteiger partial charge < -0.3 is 15.8 Å². The standard InChI is InChI=1S/C15H18N4O/c1-11-5-3-7-13(17-11)10-19(2)14-8-4-6-12(9-14)15(16)18-20/h3-9,20H,10H2,1-2H3,(H2,16,18). The highest BCUT2D eigenvalue weighted by molar-refractivity contribution is 5.97. The van der Waals surface area contributed by atoms with Crippen molar-refractivity contribution in [1.29, 1.82) is 0 Å². The van der Waals surface area contributed by atoms with Crippen molar-refractivity contribution in [1.82, 2.24) is 4.98 Å². The molecule has 0 aliphatic rings. The normalized spacial score (nSPS) is 11.4. The molecule has 5 nitrogen and oxygen atoms in total. The average Bonchev–Trinajstić information content (AvgIpc) is 2.46. The summed E-state index contributed by atoms with van der Waals surface area (Å²) in [7, 11) is 1.98. The molecule has 1 aromatic carbocycles. The fourth-order valence-corrected chi connectivity index (χ4v) is 1.98. The van der Waals surface area contributed by atoms with Gasteiger partial charge in [-0.1, -0.05) is 23.4 Å². The van der Waals surface area contributed by atoms with Crippen LogP contribution < -0.4 is 10.6 Å². The Morgan fingerprint density at radius 1 is 1.30 bits per heavy atom. The van der Waals surface area contributed by atoms with Crippen molar-refractivity contribution in [2.45, 2.75) is 13.5 Å². The molecule has 104 valence electrons. The third-order valence-electron chi connectivity index (χ3n) is 3.04. The molecule has 0 spiro atoms. The maximum atomic E-state index is 8.72. The van der Waals surface area contributed by atoms with Crippen LogP contribution in [0.1, 0.15) is 17.0 Å². The minimum atomic E-state index is 0.105. The molecule has 0 radical (unpaired) electrons. The van der Waals surface area contributed by atoms with Gasteiger partial charge in [0.15, 0.2) is 5.84 Å². The molecule has 1 aromatic heterocycles. The number of anilines is 1. The summed E-state index contributed by atoms with van der Waals surface area (Å²) in [5, 5.41) is 11.7. The van der Waals surface area contributed by atoms with Gasteiger partial charge in [0.2, 0.25) is 0 Å². The van der Waals surface area contributed by atoms with Gasteiger partial charge in [0.25, 0.3) is 0 Å². The smallest absolute Gasteiger partial charge is 0.170 e. The summed E-state index contributed by atoms with van der Waals surface area (Å²) < 4.78 is 0. The Morgan fingerprint density at radius 2 is 2.05 bits per heavy atom. The number of benzene rings is 1. The van der Waals surface area contributed by atoms with E-state index in [4.69, 9.17) is 10.9 Å². The van der Waals surface area contributed by atoms with Crippen LogP contribution in [0, 0.1) is 6.92 Å². The third kappa shape index (κ3) is 3.26. The van der Waals surface area contributed by atoms with Crippen molar-refractivity contribution in [2.75, 3.05) is 11.9 Å². The summed E-state index contributed by atoms with van der Waals surface area (Å²) in [6.07, 6.45) is 0. The Bertz CT molecular complexity index is 625. The van der Waals surface area contributed by atoms with Gasteiger partial charge in [0.05, 0.1) is 12.2 Å². The zero-order chi connectivity index (χ0) is 14.5. The highest BCUT2D eigenvalue weighted by Gasteiger charge is 2.06. The van der Waals surface area contributed by atoms with Crippen LogP contribution in [0.3, 0.4) is 0 Å². The highest BCUT2D eigenvalue weighted by atomic mass is 16.4. The molecule has 0 amide bonds. The zero-order valence-electron chi connectivity index (χ0n) is 11.6. The van der Waals surface area contributed by atoms with Crippen molar-refractivity contribution in [3.63, 3.8) is 0 Å². The number of aryl methyl sites for hydroxylation is 1. The molecule has 0 unspecified atom stereocenters. The second-order valence-corrected chi connectivity index (χ2v) is 4.66. The fraction of sp³-hybridized carbons (Fsp3) is 0.200. The summed E-state index contributed by atoms with van der Waals surface area (Å²) in [6, 6.07) is 13.5. The van der Waals surface area contributed by atoms with Crippen molar-refractivity contribution >= 4 is 11.5 Å². The average molecular weight is 270 g/mol. The molecule has 0 bridgehead atoms. The molecule has 0 atom stereocenters. The lowest BCUT2D eigenvalue weighted by atomic mass is 10.1. The fourth-order valence-electron chi connectivity index (χ4n) is 1.98. The number of aromatic nitrogens is 1. The summed E-state index contributed by atoms with van der Waals surface area (Å²) in [4.78, 5) is 6.55. The summed E-state index contributed by atoms with van der Waals surface area (Å²) in [5.41, 5.74) is 9.28. The largest absolute Gasteiger partial charge is 0.409 e. The van der Waals surface area contributed by atoms with Gasteiger partial charge >= 0.3 is 0 Å². The van der Waals surface area contributed by atoms with E-state index in [0.717, 1.165) is 17.1 Å². The Balaban J connectivity index is 2.19. The Kier molecular flexibility index (Phi) is 4.20. The Labute approximate surface area is 118 Å². The quantitative estimate of drug-likeness (QED) is 0.386. The number of oxime groups is 1. The van der Waals surface area contributed by atoms with Crippen molar-refractivity contribution < 1.29 is 5.21 Å². The summed E-state index contributed by atoms with van der Waals surface area (Å²) in [6.45, 7) is 2.67. The molecule has 0 aliphatic heterocycles. The molecule has 0 saturated heterocycles. The predicted octanol–water partition coefficient (Wildman–Crippen LogP) is 2.12. The second-order valence-electron chi connectivity index (χ2n) is 4.66. The first-order valence-electron chi connectivity index (χ1n) is 6.32. The van der Waals surface area contributed by atoms with Crippen LogP contribution in [0.15, 0.2) is 47.6 Å². The predicted molar refractivity (Wildman–Crippen MR) is 80.0 cm³/mol. The van der Waals surface area contributed by atoms with Crippen LogP contribution in [-0.2, 0) is 6.54 Å². The van der Waals surface area contributed by atoms with Crippen LogP contribution >= 0.6 is 0 Å². The van der Waals surface area contributed by atoms with Gasteiger partial charge in [-0.2, -0.15) is 0 Å². The number of nitrogens with zero attached hydrogens (tertiary/aromatic N) is 3. The number of hydrogen-bond donors (Lipinski definition) is 2. The van der Waals surface area contributed by atoms with Crippen LogP contribution in [0.4, 0.5) is 5.69 Å². The number of amidine groups is 1. The molecular weight excluding hydrogens is 252 g/mol. The van der Waals surface area contributed by atoms with Crippen molar-refractivity contribution in [3.05, 3.63) is 59.4 Å². The molecule has 5 heteroatoms. The highest BCUT2D eigenvalue weighted by Crippen LogP contribution is 2.16. The first-order chi connectivity index (χ1) is 9.60. The molecule has 2 aromatic rings. The van der Waals surface area contributed by atoms with E-state index >= 15 is 0 Å². The maximum absolute atomic E-state index is 8.72. The molecular formula is C15H18N4O. The minimum Gasteiger partial charge on any atom is -0.409 e. The molecule has 1 heterocycles. The van der Waals surface area contributed by atoms with Gasteiger partial charge in [-0.25, -0.2) is 0 Å². The van der Waals surface area contributed by atoms with E-state index in [2.05, 4.69) is 15.0 Å². The van der Waals surface area contributed by atoms with E-state index in [-0.39, 0.29) is 5.84 Å². The van der Waals surface area contributed by atoms with E-state index in [1.807, 2.05) is 50.4 Å². The first kappa shape index (κ1) is 13.9. The lowest BCUT2D eigenvalue weighted by Crippen LogP contribution is -2.19. The van der Waals surface area contributed by atoms with E-state index in [0.29, 0.717) is 12.1 Å². The van der Waals surface area contributed by atoms with E-state index in [1.165, 1.54) is 0 Å². The monoisotopic (exact) mass is 270 g/mol. The van der Waals surface area contributed by atoms with Crippen molar-refractivity contribution in [2.24, 2.45) is 10.9 Å². The van der Waals surface area contributed by atoms with Crippen molar-refractivity contribution in [3.8, 4) is 0 Å². The number of nitrogens with two attached hydrogens (primary N) is 1. The lowest BCUT2D eigenvalue weighted by molar-refractivity contribution is 0.318. The van der Waals surface area contributed by atoms with Crippen LogP contribution in [0.5, 0.6) is 0 Å². The molecule has 2 rings (SSSR count). The van der Waals surface area contributed by atoms with E-state index in [9.17, 15) is 0 Å². The van der Waals surface area contributed by atoms with Crippen LogP contribution in [0.2, 0.25) is 0 Å². The summed E-state index contributed by atoms with van der Waals surface area (Å²) >= 11 is 0. The van der Waals surface area contributed by atoms with Crippen LogP contribution in [-0.4, -0.2) is 23.1 Å². The summed E-state index contributed by atoms with van der Waals surface area (Å²) in [5.74, 6) is 0.105. The van der Waals surface area contributed by atoms with Gasteiger partial charge in [-0.3, -0.25) is 4.98 Å². The zero-order valence-corrected chi connectivity index (χ0v) is 11.6. The number of hydrogen-bond acceptors (Lipinski definition) is 4. The molecule has 0 fully saturated rings. The number of rotatable bonds is 4. The number of pyridine rings is 1. The third-order valence-corrected chi connectivity index (χ3v) is 3.04. The lowest BCUT2D eigenvalue weighted by Gasteiger charge is -2.19. The first-order valence-corrected chi connectivity index (χ1v) is 6.32. The van der Waals surface area contributed by atoms with Gasteiger partial charge in [0, 0.05) is 24.0 Å². The second kappa shape index (κ2) is 6.06. The maximum Gasteiger partial charge on any atom is 0.170 e. The SMILES string of the molecule is Cc1cccc(CN(C)c2cccc(C(N)=NO)c2)n1.